The van der Waals surface area contributed by atoms with E-state index in [2.05, 4.69) is 10.00 Å². The van der Waals surface area contributed by atoms with Gasteiger partial charge in [-0.25, -0.2) is 18.3 Å². The molecule has 0 aliphatic carbocycles. The van der Waals surface area contributed by atoms with Gasteiger partial charge < -0.3 is 14.2 Å². The lowest BCUT2D eigenvalue weighted by molar-refractivity contribution is 0.0257. The summed E-state index contributed by atoms with van der Waals surface area (Å²) in [7, 11) is 1.77. The number of aromatic nitrogens is 3. The molecule has 206 valence electrons. The number of benzene rings is 2. The largest absolute Gasteiger partial charge is 0.444 e. The van der Waals surface area contributed by atoms with E-state index in [0.717, 1.165) is 13.0 Å². The summed E-state index contributed by atoms with van der Waals surface area (Å²) < 4.78 is 38.0. The molecule has 0 atom stereocenters. The van der Waals surface area contributed by atoms with Crippen molar-refractivity contribution in [2.45, 2.75) is 45.9 Å². The summed E-state index contributed by atoms with van der Waals surface area (Å²) in [6.07, 6.45) is 1.96. The first kappa shape index (κ1) is 26.8. The number of fused-ring (bicyclic) bond motifs is 3. The van der Waals surface area contributed by atoms with Gasteiger partial charge in [0.25, 0.3) is 5.56 Å². The lowest BCUT2D eigenvalue weighted by Gasteiger charge is -2.26. The Labute approximate surface area is 225 Å². The molecule has 1 aliphatic rings. The molecule has 0 unspecified atom stereocenters. The summed E-state index contributed by atoms with van der Waals surface area (Å²) in [6, 6.07) is 9.51. The van der Waals surface area contributed by atoms with E-state index in [1.165, 1.54) is 16.8 Å². The molecular weight excluding hydrogens is 504 g/mol. The highest BCUT2D eigenvalue weighted by molar-refractivity contribution is 6.07. The van der Waals surface area contributed by atoms with Crippen LogP contribution in [0.4, 0.5) is 13.6 Å². The summed E-state index contributed by atoms with van der Waals surface area (Å²) in [5, 5.41) is 5.41. The molecule has 0 spiro atoms. The Balaban J connectivity index is 1.40. The summed E-state index contributed by atoms with van der Waals surface area (Å²) in [5.74, 6) is -0.767. The van der Waals surface area contributed by atoms with Crippen molar-refractivity contribution in [2.24, 2.45) is 7.05 Å². The van der Waals surface area contributed by atoms with Gasteiger partial charge >= 0.3 is 6.09 Å². The Morgan fingerprint density at radius 2 is 1.74 bits per heavy atom. The molecule has 8 nitrogen and oxygen atoms in total. The number of rotatable bonds is 4. The summed E-state index contributed by atoms with van der Waals surface area (Å²) >= 11 is 0. The first-order chi connectivity index (χ1) is 18.5. The average Bonchev–Trinajstić information content (AvgIpc) is 3.00. The van der Waals surface area contributed by atoms with E-state index in [1.807, 2.05) is 20.8 Å². The van der Waals surface area contributed by atoms with Crippen molar-refractivity contribution < 1.29 is 18.3 Å². The fourth-order valence-electron chi connectivity index (χ4n) is 5.12. The minimum absolute atomic E-state index is 0.00213. The van der Waals surface area contributed by atoms with Crippen LogP contribution in [0.1, 0.15) is 38.3 Å². The van der Waals surface area contributed by atoms with Gasteiger partial charge in [0.1, 0.15) is 22.8 Å². The van der Waals surface area contributed by atoms with Crippen molar-refractivity contribution in [3.8, 4) is 0 Å². The zero-order chi connectivity index (χ0) is 27.9. The molecule has 10 heteroatoms. The summed E-state index contributed by atoms with van der Waals surface area (Å²) in [6.45, 7) is 8.30. The highest BCUT2D eigenvalue weighted by Gasteiger charge is 2.25. The molecule has 0 bridgehead atoms. The van der Waals surface area contributed by atoms with Crippen LogP contribution >= 0.6 is 0 Å². The van der Waals surface area contributed by atoms with Crippen molar-refractivity contribution in [3.63, 3.8) is 0 Å². The molecule has 0 saturated carbocycles. The predicted molar refractivity (Wildman–Crippen MR) is 146 cm³/mol. The second-order valence-electron chi connectivity index (χ2n) is 11.1. The van der Waals surface area contributed by atoms with Crippen LogP contribution in [0.2, 0.25) is 0 Å². The molecule has 1 fully saturated rings. The quantitative estimate of drug-likeness (QED) is 0.379. The van der Waals surface area contributed by atoms with E-state index >= 15 is 4.39 Å². The molecule has 2 aromatic heterocycles. The van der Waals surface area contributed by atoms with Gasteiger partial charge in [-0.1, -0.05) is 18.2 Å². The van der Waals surface area contributed by atoms with Gasteiger partial charge in [-0.15, -0.1) is 0 Å². The second kappa shape index (κ2) is 10.4. The zero-order valence-electron chi connectivity index (χ0n) is 22.7. The van der Waals surface area contributed by atoms with Crippen molar-refractivity contribution in [2.75, 3.05) is 26.2 Å². The van der Waals surface area contributed by atoms with Gasteiger partial charge in [-0.2, -0.15) is 5.10 Å². The lowest BCUT2D eigenvalue weighted by atomic mass is 10.1. The minimum atomic E-state index is -0.559. The molecule has 0 radical (unpaired) electrons. The molecule has 1 aliphatic heterocycles. The monoisotopic (exact) mass is 537 g/mol. The molecule has 3 heterocycles. The van der Waals surface area contributed by atoms with Gasteiger partial charge in [-0.3, -0.25) is 9.69 Å². The van der Waals surface area contributed by atoms with Crippen LogP contribution in [0.15, 0.2) is 47.4 Å². The molecule has 4 aromatic rings. The Kier molecular flexibility index (Phi) is 7.15. The standard InChI is InChI=1S/C29H33F2N5O3/c1-29(2,3)39-28(38)35-11-7-10-34(12-13-35)17-20-14-25-21(15-24(20)31)22-16-32-36(27(37)26(22)33(25)4)18-19-8-5-6-9-23(19)30/h5-6,8-9,14-16H,7,10-13,17-18H2,1-4H3. The first-order valence-corrected chi connectivity index (χ1v) is 13.1. The number of ether oxygens (including phenoxy) is 1. The maximum atomic E-state index is 15.3. The van der Waals surface area contributed by atoms with Crippen LogP contribution in [-0.4, -0.2) is 62.0 Å². The van der Waals surface area contributed by atoms with Crippen LogP contribution in [0, 0.1) is 11.6 Å². The zero-order valence-corrected chi connectivity index (χ0v) is 22.7. The number of aryl methyl sites for hydroxylation is 1. The Hall–Kier alpha value is -3.79. The maximum absolute atomic E-state index is 15.3. The van der Waals surface area contributed by atoms with Crippen LogP contribution < -0.4 is 5.56 Å². The Bertz CT molecular complexity index is 1600. The van der Waals surface area contributed by atoms with Crippen molar-refractivity contribution in [1.82, 2.24) is 24.1 Å². The summed E-state index contributed by atoms with van der Waals surface area (Å²) in [5.41, 5.74) is 1.05. The van der Waals surface area contributed by atoms with Crippen molar-refractivity contribution in [1.29, 1.82) is 0 Å². The van der Waals surface area contributed by atoms with Crippen molar-refractivity contribution in [3.05, 3.63) is 75.7 Å². The Morgan fingerprint density at radius 1 is 0.974 bits per heavy atom. The fraction of sp³-hybridized carbons (Fsp3) is 0.414. The first-order valence-electron chi connectivity index (χ1n) is 13.1. The van der Waals surface area contributed by atoms with E-state index in [-0.39, 0.29) is 24.0 Å². The smallest absolute Gasteiger partial charge is 0.410 e. The lowest BCUT2D eigenvalue weighted by Crippen LogP contribution is -2.39. The number of amides is 1. The van der Waals surface area contributed by atoms with E-state index in [4.69, 9.17) is 4.74 Å². The number of hydrogen-bond acceptors (Lipinski definition) is 5. The minimum Gasteiger partial charge on any atom is -0.444 e. The van der Waals surface area contributed by atoms with Crippen LogP contribution in [0.25, 0.3) is 21.8 Å². The van der Waals surface area contributed by atoms with Gasteiger partial charge in [0.2, 0.25) is 0 Å². The van der Waals surface area contributed by atoms with Gasteiger partial charge in [-0.05, 0) is 45.4 Å². The number of nitrogens with zero attached hydrogens (tertiary/aromatic N) is 5. The van der Waals surface area contributed by atoms with Gasteiger partial charge in [0, 0.05) is 67.2 Å². The normalized spacial score (nSPS) is 15.2. The van der Waals surface area contributed by atoms with Crippen LogP contribution in [0.3, 0.4) is 0 Å². The highest BCUT2D eigenvalue weighted by Crippen LogP contribution is 2.29. The van der Waals surface area contributed by atoms with Crippen molar-refractivity contribution >= 4 is 27.9 Å². The number of halogens is 2. The molecule has 5 rings (SSSR count). The molecule has 2 aromatic carbocycles. The average molecular weight is 538 g/mol. The van der Waals surface area contributed by atoms with Crippen LogP contribution in [-0.2, 0) is 24.9 Å². The molecule has 1 amide bonds. The highest BCUT2D eigenvalue weighted by atomic mass is 19.1. The number of carbonyl (C=O) groups is 1. The van der Waals surface area contributed by atoms with Crippen LogP contribution in [0.5, 0.6) is 0 Å². The second-order valence-corrected chi connectivity index (χ2v) is 11.1. The van der Waals surface area contributed by atoms with E-state index in [9.17, 15) is 14.0 Å². The number of carbonyl (C=O) groups excluding carboxylic acids is 1. The van der Waals surface area contributed by atoms with Gasteiger partial charge in [0.05, 0.1) is 12.7 Å². The topological polar surface area (TPSA) is 72.6 Å². The third-order valence-electron chi connectivity index (χ3n) is 7.08. The maximum Gasteiger partial charge on any atom is 0.410 e. The molecular formula is C29H33F2N5O3. The van der Waals surface area contributed by atoms with Gasteiger partial charge in [0.15, 0.2) is 0 Å². The summed E-state index contributed by atoms with van der Waals surface area (Å²) in [4.78, 5) is 29.7. The SMILES string of the molecule is Cn1c2cc(CN3CCCN(C(=O)OC(C)(C)C)CC3)c(F)cc2c2cnn(Cc3ccccc3F)c(=O)c21. The predicted octanol–water partition coefficient (Wildman–Crippen LogP) is 4.66. The third kappa shape index (κ3) is 5.52. The van der Waals surface area contributed by atoms with E-state index in [0.29, 0.717) is 59.1 Å². The Morgan fingerprint density at radius 3 is 2.49 bits per heavy atom. The van der Waals surface area contributed by atoms with E-state index < -0.39 is 11.4 Å². The molecule has 1 saturated heterocycles. The molecule has 0 N–H and O–H groups in total. The molecule has 39 heavy (non-hydrogen) atoms. The van der Waals surface area contributed by atoms with E-state index in [1.54, 1.807) is 47.0 Å². The third-order valence-corrected chi connectivity index (χ3v) is 7.08. The fourth-order valence-corrected chi connectivity index (χ4v) is 5.12. The number of hydrogen-bond donors (Lipinski definition) is 0.